The van der Waals surface area contributed by atoms with Crippen molar-refractivity contribution in [1.82, 2.24) is 15.2 Å². The van der Waals surface area contributed by atoms with E-state index in [1.807, 2.05) is 24.4 Å². The summed E-state index contributed by atoms with van der Waals surface area (Å²) < 4.78 is 0. The molecule has 0 saturated carbocycles. The minimum absolute atomic E-state index is 0.00420. The van der Waals surface area contributed by atoms with Gasteiger partial charge in [-0.05, 0) is 18.1 Å². The standard InChI is InChI=1S/C16H19N3O2S/c20-15(6-8-19-9-10-22-16(19)21)17-7-5-12-11-18-14-4-2-1-3-13(12)14/h1-4,11,18H,5-10H2,(H,17,20). The summed E-state index contributed by atoms with van der Waals surface area (Å²) >= 11 is 1.33. The van der Waals surface area contributed by atoms with Gasteiger partial charge < -0.3 is 15.2 Å². The molecule has 1 aromatic heterocycles. The first kappa shape index (κ1) is 15.0. The van der Waals surface area contributed by atoms with Crippen LogP contribution in [0.1, 0.15) is 12.0 Å². The summed E-state index contributed by atoms with van der Waals surface area (Å²) in [6, 6.07) is 8.15. The largest absolute Gasteiger partial charge is 0.361 e. The summed E-state index contributed by atoms with van der Waals surface area (Å²) in [5, 5.41) is 4.22. The average Bonchev–Trinajstić information content (AvgIpc) is 3.12. The molecular formula is C16H19N3O2S. The molecule has 2 aromatic rings. The number of aromatic nitrogens is 1. The van der Waals surface area contributed by atoms with Crippen LogP contribution in [0.2, 0.25) is 0 Å². The number of rotatable bonds is 6. The van der Waals surface area contributed by atoms with Gasteiger partial charge in [0.2, 0.25) is 5.91 Å². The number of amides is 2. The molecule has 0 bridgehead atoms. The van der Waals surface area contributed by atoms with Crippen molar-refractivity contribution in [3.8, 4) is 0 Å². The molecule has 1 aliphatic rings. The number of aromatic amines is 1. The lowest BCUT2D eigenvalue weighted by Gasteiger charge is -2.13. The highest BCUT2D eigenvalue weighted by Crippen LogP contribution is 2.18. The van der Waals surface area contributed by atoms with E-state index >= 15 is 0 Å². The zero-order chi connectivity index (χ0) is 15.4. The van der Waals surface area contributed by atoms with Crippen molar-refractivity contribution in [2.24, 2.45) is 0 Å². The summed E-state index contributed by atoms with van der Waals surface area (Å²) in [5.41, 5.74) is 2.33. The Bertz CT molecular complexity index is 683. The van der Waals surface area contributed by atoms with E-state index < -0.39 is 0 Å². The first-order chi connectivity index (χ1) is 10.7. The second-order valence-electron chi connectivity index (χ2n) is 5.31. The molecule has 22 heavy (non-hydrogen) atoms. The highest BCUT2D eigenvalue weighted by Gasteiger charge is 2.21. The van der Waals surface area contributed by atoms with Crippen molar-refractivity contribution in [1.29, 1.82) is 0 Å². The predicted octanol–water partition coefficient (Wildman–Crippen LogP) is 2.39. The van der Waals surface area contributed by atoms with Gasteiger partial charge in [-0.25, -0.2) is 0 Å². The van der Waals surface area contributed by atoms with Gasteiger partial charge >= 0.3 is 0 Å². The van der Waals surface area contributed by atoms with Crippen molar-refractivity contribution in [2.45, 2.75) is 12.8 Å². The molecule has 6 heteroatoms. The lowest BCUT2D eigenvalue weighted by molar-refractivity contribution is -0.121. The normalized spacial score (nSPS) is 14.7. The van der Waals surface area contributed by atoms with Crippen LogP contribution in [0.3, 0.4) is 0 Å². The number of thioether (sulfide) groups is 1. The molecule has 0 aliphatic carbocycles. The Morgan fingerprint density at radius 2 is 2.23 bits per heavy atom. The second kappa shape index (κ2) is 6.87. The number of carbonyl (C=O) groups excluding carboxylic acids is 2. The van der Waals surface area contributed by atoms with Gasteiger partial charge in [0, 0.05) is 48.9 Å². The van der Waals surface area contributed by atoms with Crippen LogP contribution in [0.25, 0.3) is 10.9 Å². The SMILES string of the molecule is O=C(CCN1CCSC1=O)NCCc1c[nH]c2ccccc12. The van der Waals surface area contributed by atoms with Gasteiger partial charge in [-0.3, -0.25) is 9.59 Å². The molecule has 3 rings (SSSR count). The van der Waals surface area contributed by atoms with E-state index in [9.17, 15) is 9.59 Å². The van der Waals surface area contributed by atoms with Crippen LogP contribution in [0.5, 0.6) is 0 Å². The Hall–Kier alpha value is -1.95. The van der Waals surface area contributed by atoms with E-state index in [4.69, 9.17) is 0 Å². The van der Waals surface area contributed by atoms with Crippen LogP contribution in [-0.4, -0.2) is 46.4 Å². The molecular weight excluding hydrogens is 298 g/mol. The molecule has 2 N–H and O–H groups in total. The van der Waals surface area contributed by atoms with Crippen LogP contribution >= 0.6 is 11.8 Å². The topological polar surface area (TPSA) is 65.2 Å². The van der Waals surface area contributed by atoms with Crippen LogP contribution < -0.4 is 5.32 Å². The molecule has 0 spiro atoms. The second-order valence-corrected chi connectivity index (χ2v) is 6.36. The fourth-order valence-corrected chi connectivity index (χ4v) is 3.48. The molecule has 0 atom stereocenters. The number of benzene rings is 1. The summed E-state index contributed by atoms with van der Waals surface area (Å²) in [4.78, 5) is 28.2. The van der Waals surface area contributed by atoms with Crippen molar-refractivity contribution >= 4 is 33.8 Å². The summed E-state index contributed by atoms with van der Waals surface area (Å²) in [7, 11) is 0. The predicted molar refractivity (Wildman–Crippen MR) is 89.1 cm³/mol. The van der Waals surface area contributed by atoms with Gasteiger partial charge in [-0.2, -0.15) is 0 Å². The maximum Gasteiger partial charge on any atom is 0.281 e. The molecule has 0 unspecified atom stereocenters. The number of para-hydroxylation sites is 1. The number of nitrogens with one attached hydrogen (secondary N) is 2. The number of H-pyrrole nitrogens is 1. The lowest BCUT2D eigenvalue weighted by atomic mass is 10.1. The zero-order valence-electron chi connectivity index (χ0n) is 12.3. The van der Waals surface area contributed by atoms with Crippen LogP contribution in [0.15, 0.2) is 30.5 Å². The molecule has 1 aromatic carbocycles. The summed E-state index contributed by atoms with van der Waals surface area (Å²) in [5.74, 6) is 0.839. The third-order valence-corrected chi connectivity index (χ3v) is 4.74. The van der Waals surface area contributed by atoms with E-state index in [-0.39, 0.29) is 11.1 Å². The first-order valence-corrected chi connectivity index (χ1v) is 8.46. The quantitative estimate of drug-likeness (QED) is 0.860. The first-order valence-electron chi connectivity index (χ1n) is 7.47. The Morgan fingerprint density at radius 1 is 1.36 bits per heavy atom. The number of hydrogen-bond donors (Lipinski definition) is 2. The van der Waals surface area contributed by atoms with E-state index in [0.29, 0.717) is 19.5 Å². The van der Waals surface area contributed by atoms with Gasteiger partial charge in [-0.15, -0.1) is 0 Å². The number of carbonyl (C=O) groups is 2. The van der Waals surface area contributed by atoms with Crippen LogP contribution in [-0.2, 0) is 11.2 Å². The third kappa shape index (κ3) is 3.44. The highest BCUT2D eigenvalue weighted by molar-refractivity contribution is 8.13. The Kier molecular flexibility index (Phi) is 4.68. The van der Waals surface area contributed by atoms with E-state index in [1.165, 1.54) is 22.7 Å². The van der Waals surface area contributed by atoms with Gasteiger partial charge in [0.25, 0.3) is 5.24 Å². The smallest absolute Gasteiger partial charge is 0.281 e. The van der Waals surface area contributed by atoms with Gasteiger partial charge in [0.1, 0.15) is 0 Å². The third-order valence-electron chi connectivity index (χ3n) is 3.85. The molecule has 116 valence electrons. The zero-order valence-corrected chi connectivity index (χ0v) is 13.1. The van der Waals surface area contributed by atoms with Crippen LogP contribution in [0, 0.1) is 0 Å². The van der Waals surface area contributed by atoms with Crippen molar-refractivity contribution in [3.05, 3.63) is 36.0 Å². The summed E-state index contributed by atoms with van der Waals surface area (Å²) in [6.45, 7) is 1.89. The van der Waals surface area contributed by atoms with Crippen molar-refractivity contribution < 1.29 is 9.59 Å². The molecule has 0 radical (unpaired) electrons. The fraction of sp³-hybridized carbons (Fsp3) is 0.375. The van der Waals surface area contributed by atoms with E-state index in [1.54, 1.807) is 4.90 Å². The molecule has 2 heterocycles. The summed E-state index contributed by atoms with van der Waals surface area (Å²) in [6.07, 6.45) is 3.17. The van der Waals surface area contributed by atoms with E-state index in [0.717, 1.165) is 24.2 Å². The molecule has 2 amide bonds. The van der Waals surface area contributed by atoms with Gasteiger partial charge in [0.15, 0.2) is 0 Å². The van der Waals surface area contributed by atoms with Crippen molar-refractivity contribution in [3.63, 3.8) is 0 Å². The minimum atomic E-state index is 0.00420. The Balaban J connectivity index is 1.42. The molecule has 1 aliphatic heterocycles. The Morgan fingerprint density at radius 3 is 3.05 bits per heavy atom. The molecule has 1 fully saturated rings. The number of fused-ring (bicyclic) bond motifs is 1. The molecule has 1 saturated heterocycles. The average molecular weight is 317 g/mol. The monoisotopic (exact) mass is 317 g/mol. The molecule has 5 nitrogen and oxygen atoms in total. The maximum absolute atomic E-state index is 11.8. The van der Waals surface area contributed by atoms with E-state index in [2.05, 4.69) is 16.4 Å². The highest BCUT2D eigenvalue weighted by atomic mass is 32.2. The fourth-order valence-electron chi connectivity index (χ4n) is 2.63. The van der Waals surface area contributed by atoms with Gasteiger partial charge in [-0.1, -0.05) is 30.0 Å². The van der Waals surface area contributed by atoms with Crippen molar-refractivity contribution in [2.75, 3.05) is 25.4 Å². The Labute approximate surface area is 133 Å². The van der Waals surface area contributed by atoms with Gasteiger partial charge in [0.05, 0.1) is 0 Å². The van der Waals surface area contributed by atoms with Crippen LogP contribution in [0.4, 0.5) is 4.79 Å². The minimum Gasteiger partial charge on any atom is -0.361 e. The lowest BCUT2D eigenvalue weighted by Crippen LogP contribution is -2.31. The number of hydrogen-bond acceptors (Lipinski definition) is 3. The number of nitrogens with zero attached hydrogens (tertiary/aromatic N) is 1. The maximum atomic E-state index is 11.8.